The number of hydrogen-bond acceptors (Lipinski definition) is 1. The lowest BCUT2D eigenvalue weighted by atomic mass is 10.0. The lowest BCUT2D eigenvalue weighted by Crippen LogP contribution is -2.38. The van der Waals surface area contributed by atoms with Crippen molar-refractivity contribution in [1.29, 1.82) is 0 Å². The molecule has 0 spiro atoms. The molecule has 1 aliphatic heterocycles. The first kappa shape index (κ1) is 10.6. The molecule has 2 heteroatoms. The van der Waals surface area contributed by atoms with Crippen molar-refractivity contribution in [2.45, 2.75) is 44.7 Å². The number of rotatable bonds is 2. The molecule has 1 saturated heterocycles. The van der Waals surface area contributed by atoms with Crippen LogP contribution >= 0.6 is 0 Å². The van der Waals surface area contributed by atoms with Gasteiger partial charge in [0.25, 0.3) is 0 Å². The second kappa shape index (κ2) is 3.93. The van der Waals surface area contributed by atoms with E-state index in [0.29, 0.717) is 6.04 Å². The summed E-state index contributed by atoms with van der Waals surface area (Å²) >= 11 is 0. The number of benzene rings is 1. The van der Waals surface area contributed by atoms with Crippen LogP contribution in [0.25, 0.3) is 0 Å². The van der Waals surface area contributed by atoms with Crippen LogP contribution in [0.5, 0.6) is 0 Å². The molecule has 0 aromatic heterocycles. The van der Waals surface area contributed by atoms with E-state index in [1.165, 1.54) is 18.9 Å². The summed E-state index contributed by atoms with van der Waals surface area (Å²) in [6.45, 7) is 4.44. The second-order valence-electron chi connectivity index (χ2n) is 5.10. The molecule has 1 aliphatic rings. The molecule has 82 valence electrons. The minimum atomic E-state index is -0.134. The molecular formula is C13H18FN. The highest BCUT2D eigenvalue weighted by atomic mass is 19.1. The molecule has 1 nitrogen and oxygen atoms in total. The Morgan fingerprint density at radius 3 is 2.87 bits per heavy atom. The molecule has 1 N–H and O–H groups in total. The number of halogens is 1. The van der Waals surface area contributed by atoms with Gasteiger partial charge in [-0.05, 0) is 50.8 Å². The zero-order chi connectivity index (χ0) is 10.9. The maximum Gasteiger partial charge on any atom is 0.123 e. The van der Waals surface area contributed by atoms with E-state index in [1.54, 1.807) is 12.1 Å². The summed E-state index contributed by atoms with van der Waals surface area (Å²) < 4.78 is 13.0. The minimum absolute atomic E-state index is 0.134. The summed E-state index contributed by atoms with van der Waals surface area (Å²) in [5.74, 6) is -0.134. The molecule has 0 amide bonds. The van der Waals surface area contributed by atoms with Crippen LogP contribution in [0.1, 0.15) is 32.3 Å². The quantitative estimate of drug-likeness (QED) is 0.786. The average molecular weight is 207 g/mol. The lowest BCUT2D eigenvalue weighted by Gasteiger charge is -2.20. The van der Waals surface area contributed by atoms with Gasteiger partial charge in [-0.25, -0.2) is 4.39 Å². The molecule has 1 unspecified atom stereocenters. The Morgan fingerprint density at radius 1 is 1.47 bits per heavy atom. The summed E-state index contributed by atoms with van der Waals surface area (Å²) in [7, 11) is 0. The van der Waals surface area contributed by atoms with E-state index in [2.05, 4.69) is 19.2 Å². The van der Waals surface area contributed by atoms with Crippen molar-refractivity contribution in [1.82, 2.24) is 5.32 Å². The molecule has 0 saturated carbocycles. The van der Waals surface area contributed by atoms with Gasteiger partial charge < -0.3 is 5.32 Å². The fraction of sp³-hybridized carbons (Fsp3) is 0.538. The Morgan fingerprint density at radius 2 is 2.27 bits per heavy atom. The molecule has 1 heterocycles. The van der Waals surface area contributed by atoms with Crippen LogP contribution in [-0.2, 0) is 6.42 Å². The molecule has 1 fully saturated rings. The molecule has 1 atom stereocenters. The van der Waals surface area contributed by atoms with E-state index < -0.39 is 0 Å². The topological polar surface area (TPSA) is 12.0 Å². The normalized spacial score (nSPS) is 24.3. The second-order valence-corrected chi connectivity index (χ2v) is 5.10. The van der Waals surface area contributed by atoms with E-state index in [0.717, 1.165) is 12.0 Å². The smallest absolute Gasteiger partial charge is 0.123 e. The summed E-state index contributed by atoms with van der Waals surface area (Å²) in [5.41, 5.74) is 1.34. The molecular weight excluding hydrogens is 189 g/mol. The fourth-order valence-electron chi connectivity index (χ4n) is 2.33. The first-order valence-electron chi connectivity index (χ1n) is 5.57. The van der Waals surface area contributed by atoms with Gasteiger partial charge in [-0.3, -0.25) is 0 Å². The van der Waals surface area contributed by atoms with Crippen molar-refractivity contribution in [3.05, 3.63) is 35.6 Å². The van der Waals surface area contributed by atoms with Crippen molar-refractivity contribution in [2.24, 2.45) is 0 Å². The van der Waals surface area contributed by atoms with Crippen molar-refractivity contribution in [2.75, 3.05) is 0 Å². The minimum Gasteiger partial charge on any atom is -0.309 e. The van der Waals surface area contributed by atoms with Gasteiger partial charge in [-0.1, -0.05) is 12.1 Å². The highest BCUT2D eigenvalue weighted by Crippen LogP contribution is 2.24. The summed E-state index contributed by atoms with van der Waals surface area (Å²) in [4.78, 5) is 0. The van der Waals surface area contributed by atoms with Gasteiger partial charge in [0.2, 0.25) is 0 Å². The maximum absolute atomic E-state index is 13.0. The summed E-state index contributed by atoms with van der Waals surface area (Å²) in [6.07, 6.45) is 3.32. The van der Waals surface area contributed by atoms with Crippen LogP contribution in [-0.4, -0.2) is 11.6 Å². The van der Waals surface area contributed by atoms with Crippen LogP contribution in [0.4, 0.5) is 4.39 Å². The molecule has 1 aromatic rings. The van der Waals surface area contributed by atoms with Gasteiger partial charge in [0, 0.05) is 11.6 Å². The number of hydrogen-bond donors (Lipinski definition) is 1. The fourth-order valence-corrected chi connectivity index (χ4v) is 2.33. The molecule has 0 aliphatic carbocycles. The lowest BCUT2D eigenvalue weighted by molar-refractivity contribution is 0.427. The van der Waals surface area contributed by atoms with Crippen molar-refractivity contribution < 1.29 is 4.39 Å². The standard InChI is InChI=1S/C13H18FN/c1-13(2)7-6-12(15-13)9-10-4-3-5-11(14)8-10/h3-5,8,12,15H,6-7,9H2,1-2H3. The number of nitrogens with one attached hydrogen (secondary N) is 1. The molecule has 1 aromatic carbocycles. The van der Waals surface area contributed by atoms with Crippen LogP contribution < -0.4 is 5.32 Å². The summed E-state index contributed by atoms with van der Waals surface area (Å²) in [5, 5.41) is 3.58. The predicted octanol–water partition coefficient (Wildman–Crippen LogP) is 2.90. The van der Waals surface area contributed by atoms with Crippen LogP contribution in [0, 0.1) is 5.82 Å². The van der Waals surface area contributed by atoms with E-state index in [4.69, 9.17) is 0 Å². The third-order valence-corrected chi connectivity index (χ3v) is 3.08. The Labute approximate surface area is 90.7 Å². The third-order valence-electron chi connectivity index (χ3n) is 3.08. The van der Waals surface area contributed by atoms with E-state index >= 15 is 0 Å². The van der Waals surface area contributed by atoms with Crippen molar-refractivity contribution in [3.8, 4) is 0 Å². The monoisotopic (exact) mass is 207 g/mol. The Bertz CT molecular complexity index is 346. The van der Waals surface area contributed by atoms with Gasteiger partial charge in [0.15, 0.2) is 0 Å². The van der Waals surface area contributed by atoms with Crippen LogP contribution in [0.2, 0.25) is 0 Å². The van der Waals surface area contributed by atoms with Gasteiger partial charge >= 0.3 is 0 Å². The molecule has 15 heavy (non-hydrogen) atoms. The maximum atomic E-state index is 13.0. The zero-order valence-electron chi connectivity index (χ0n) is 9.39. The van der Waals surface area contributed by atoms with Crippen molar-refractivity contribution >= 4 is 0 Å². The van der Waals surface area contributed by atoms with Gasteiger partial charge in [-0.2, -0.15) is 0 Å². The first-order valence-corrected chi connectivity index (χ1v) is 5.57. The Kier molecular flexibility index (Phi) is 2.79. The molecule has 0 bridgehead atoms. The van der Waals surface area contributed by atoms with Gasteiger partial charge in [0.05, 0.1) is 0 Å². The average Bonchev–Trinajstić information content (AvgIpc) is 2.45. The van der Waals surface area contributed by atoms with Gasteiger partial charge in [-0.15, -0.1) is 0 Å². The first-order chi connectivity index (χ1) is 7.05. The van der Waals surface area contributed by atoms with Crippen LogP contribution in [0.3, 0.4) is 0 Å². The SMILES string of the molecule is CC1(C)CCC(Cc2cccc(F)c2)N1. The van der Waals surface area contributed by atoms with Gasteiger partial charge in [0.1, 0.15) is 5.82 Å². The highest BCUT2D eigenvalue weighted by molar-refractivity contribution is 5.18. The largest absolute Gasteiger partial charge is 0.309 e. The third kappa shape index (κ3) is 2.78. The zero-order valence-corrected chi connectivity index (χ0v) is 9.39. The highest BCUT2D eigenvalue weighted by Gasteiger charge is 2.29. The molecule has 2 rings (SSSR count). The van der Waals surface area contributed by atoms with E-state index in [-0.39, 0.29) is 11.4 Å². The molecule has 0 radical (unpaired) electrons. The van der Waals surface area contributed by atoms with E-state index in [9.17, 15) is 4.39 Å². The Balaban J connectivity index is 1.99. The predicted molar refractivity (Wildman–Crippen MR) is 60.3 cm³/mol. The Hall–Kier alpha value is -0.890. The summed E-state index contributed by atoms with van der Waals surface area (Å²) in [6, 6.07) is 7.41. The van der Waals surface area contributed by atoms with Crippen molar-refractivity contribution in [3.63, 3.8) is 0 Å². The van der Waals surface area contributed by atoms with Crippen LogP contribution in [0.15, 0.2) is 24.3 Å². The van der Waals surface area contributed by atoms with E-state index in [1.807, 2.05) is 6.07 Å².